The fourth-order valence-electron chi connectivity index (χ4n) is 3.59. The number of pyridine rings is 1. The lowest BCUT2D eigenvalue weighted by Crippen LogP contribution is -2.03. The highest BCUT2D eigenvalue weighted by Gasteiger charge is 2.15. The number of hydrogen-bond acceptors (Lipinski definition) is 1. The van der Waals surface area contributed by atoms with Crippen LogP contribution < -0.4 is 0 Å². The van der Waals surface area contributed by atoms with Gasteiger partial charge in [-0.2, -0.15) is 0 Å². The van der Waals surface area contributed by atoms with Crippen molar-refractivity contribution in [1.82, 2.24) is 4.98 Å². The van der Waals surface area contributed by atoms with Crippen LogP contribution in [0.15, 0.2) is 42.5 Å². The lowest BCUT2D eigenvalue weighted by molar-refractivity contribution is 0.807. The Bertz CT molecular complexity index is 826. The summed E-state index contributed by atoms with van der Waals surface area (Å²) in [5.41, 5.74) is 9.04. The van der Waals surface area contributed by atoms with Crippen molar-refractivity contribution in [2.24, 2.45) is 0 Å². The van der Waals surface area contributed by atoms with Crippen LogP contribution in [-0.2, 0) is 12.8 Å². The Kier molecular flexibility index (Phi) is 2.81. The third-order valence-corrected chi connectivity index (χ3v) is 4.41. The molecule has 0 unspecified atom stereocenters. The van der Waals surface area contributed by atoms with Crippen molar-refractivity contribution in [3.8, 4) is 11.3 Å². The highest BCUT2D eigenvalue weighted by Crippen LogP contribution is 2.32. The zero-order valence-electron chi connectivity index (χ0n) is 12.6. The molecule has 3 aromatic rings. The van der Waals surface area contributed by atoms with E-state index in [4.69, 9.17) is 4.98 Å². The Labute approximate surface area is 125 Å². The molecule has 0 spiro atoms. The molecule has 0 atom stereocenters. The van der Waals surface area contributed by atoms with Crippen LogP contribution in [0.3, 0.4) is 0 Å². The van der Waals surface area contributed by atoms with Gasteiger partial charge >= 0.3 is 0 Å². The molecule has 0 saturated heterocycles. The third kappa shape index (κ3) is 2.13. The average molecular weight is 273 g/mol. The van der Waals surface area contributed by atoms with Gasteiger partial charge in [0.1, 0.15) is 0 Å². The van der Waals surface area contributed by atoms with E-state index in [9.17, 15) is 0 Å². The van der Waals surface area contributed by atoms with Gasteiger partial charge in [0.2, 0.25) is 0 Å². The van der Waals surface area contributed by atoms with E-state index >= 15 is 0 Å². The first-order chi connectivity index (χ1) is 10.2. The van der Waals surface area contributed by atoms with Crippen LogP contribution in [0.5, 0.6) is 0 Å². The Hall–Kier alpha value is -2.15. The predicted molar refractivity (Wildman–Crippen MR) is 88.7 cm³/mol. The van der Waals surface area contributed by atoms with E-state index in [1.54, 1.807) is 0 Å². The maximum atomic E-state index is 4.93. The van der Waals surface area contributed by atoms with Gasteiger partial charge < -0.3 is 0 Å². The van der Waals surface area contributed by atoms with Gasteiger partial charge in [-0.25, -0.2) is 4.98 Å². The minimum Gasteiger partial charge on any atom is -0.248 e. The molecular formula is C20H19N. The summed E-state index contributed by atoms with van der Waals surface area (Å²) in [7, 11) is 0. The maximum Gasteiger partial charge on any atom is 0.0715 e. The normalized spacial score (nSPS) is 13.6. The summed E-state index contributed by atoms with van der Waals surface area (Å²) in [6.07, 6.45) is 3.62. The summed E-state index contributed by atoms with van der Waals surface area (Å²) < 4.78 is 0. The van der Waals surface area contributed by atoms with Gasteiger partial charge in [-0.3, -0.25) is 0 Å². The quantitative estimate of drug-likeness (QED) is 0.607. The van der Waals surface area contributed by atoms with E-state index in [2.05, 4.69) is 56.3 Å². The van der Waals surface area contributed by atoms with Crippen LogP contribution in [0.2, 0.25) is 0 Å². The van der Waals surface area contributed by atoms with Gasteiger partial charge in [0.25, 0.3) is 0 Å². The number of aryl methyl sites for hydroxylation is 4. The van der Waals surface area contributed by atoms with E-state index in [0.29, 0.717) is 0 Å². The molecule has 1 nitrogen and oxygen atoms in total. The minimum absolute atomic E-state index is 1.11. The van der Waals surface area contributed by atoms with Gasteiger partial charge in [-0.1, -0.05) is 29.3 Å². The predicted octanol–water partition coefficient (Wildman–Crippen LogP) is 5.01. The lowest BCUT2D eigenvalue weighted by atomic mass is 9.89. The molecule has 1 heteroatoms. The van der Waals surface area contributed by atoms with Crippen LogP contribution in [-0.4, -0.2) is 4.98 Å². The molecule has 4 rings (SSSR count). The van der Waals surface area contributed by atoms with Gasteiger partial charge in [-0.05, 0) is 68.5 Å². The molecule has 1 aromatic heterocycles. The molecule has 0 bridgehead atoms. The first kappa shape index (κ1) is 12.6. The number of hydrogen-bond donors (Lipinski definition) is 0. The van der Waals surface area contributed by atoms with E-state index in [-0.39, 0.29) is 0 Å². The molecule has 1 heterocycles. The van der Waals surface area contributed by atoms with Crippen molar-refractivity contribution in [2.75, 3.05) is 0 Å². The molecule has 1 aliphatic rings. The van der Waals surface area contributed by atoms with Crippen LogP contribution in [0.25, 0.3) is 22.2 Å². The zero-order chi connectivity index (χ0) is 14.4. The number of benzene rings is 2. The molecule has 1 aliphatic carbocycles. The topological polar surface area (TPSA) is 12.9 Å². The van der Waals surface area contributed by atoms with Gasteiger partial charge in [0.05, 0.1) is 11.2 Å². The molecule has 0 fully saturated rings. The summed E-state index contributed by atoms with van der Waals surface area (Å²) in [4.78, 5) is 4.93. The monoisotopic (exact) mass is 273 g/mol. The van der Waals surface area contributed by atoms with Gasteiger partial charge in [0.15, 0.2) is 0 Å². The average Bonchev–Trinajstić information content (AvgIpc) is 2.47. The highest BCUT2D eigenvalue weighted by atomic mass is 14.7. The molecule has 21 heavy (non-hydrogen) atoms. The van der Waals surface area contributed by atoms with Crippen LogP contribution in [0.1, 0.15) is 28.7 Å². The van der Waals surface area contributed by atoms with Crippen LogP contribution >= 0.6 is 0 Å². The molecule has 0 amide bonds. The first-order valence-corrected chi connectivity index (χ1v) is 7.71. The standard InChI is InChI=1S/C20H19N/c1-13-9-14(2)11-17(10-13)19-12-16-7-3-5-15-6-4-8-18(21-19)20(15)16/h4,6,8-12H,3,5,7H2,1-2H3. The van der Waals surface area contributed by atoms with Crippen molar-refractivity contribution in [3.63, 3.8) is 0 Å². The fourth-order valence-corrected chi connectivity index (χ4v) is 3.59. The summed E-state index contributed by atoms with van der Waals surface area (Å²) >= 11 is 0. The summed E-state index contributed by atoms with van der Waals surface area (Å²) in [6, 6.07) is 15.5. The highest BCUT2D eigenvalue weighted by molar-refractivity contribution is 5.89. The smallest absolute Gasteiger partial charge is 0.0715 e. The Morgan fingerprint density at radius 2 is 1.62 bits per heavy atom. The van der Waals surface area contributed by atoms with Crippen LogP contribution in [0.4, 0.5) is 0 Å². The second kappa shape index (κ2) is 4.70. The van der Waals surface area contributed by atoms with Crippen molar-refractivity contribution in [3.05, 3.63) is 64.7 Å². The van der Waals surface area contributed by atoms with E-state index in [1.807, 2.05) is 0 Å². The van der Waals surface area contributed by atoms with Crippen molar-refractivity contribution in [1.29, 1.82) is 0 Å². The lowest BCUT2D eigenvalue weighted by Gasteiger charge is -2.18. The maximum absolute atomic E-state index is 4.93. The fraction of sp³-hybridized carbons (Fsp3) is 0.250. The number of nitrogens with zero attached hydrogens (tertiary/aromatic N) is 1. The van der Waals surface area contributed by atoms with E-state index < -0.39 is 0 Å². The van der Waals surface area contributed by atoms with Crippen LogP contribution in [0, 0.1) is 13.8 Å². The van der Waals surface area contributed by atoms with Crippen molar-refractivity contribution < 1.29 is 0 Å². The summed E-state index contributed by atoms with van der Waals surface area (Å²) in [6.45, 7) is 4.30. The first-order valence-electron chi connectivity index (χ1n) is 7.71. The number of rotatable bonds is 1. The molecule has 2 aromatic carbocycles. The Morgan fingerprint density at radius 1 is 0.857 bits per heavy atom. The van der Waals surface area contributed by atoms with Crippen molar-refractivity contribution >= 4 is 10.9 Å². The van der Waals surface area contributed by atoms with E-state index in [1.165, 1.54) is 52.5 Å². The Balaban J connectivity index is 1.99. The molecule has 104 valence electrons. The Morgan fingerprint density at radius 3 is 2.43 bits per heavy atom. The number of aromatic nitrogens is 1. The third-order valence-electron chi connectivity index (χ3n) is 4.41. The molecule has 0 saturated carbocycles. The SMILES string of the molecule is Cc1cc(C)cc(-c2cc3c4c(cccc4n2)CCC3)c1. The zero-order valence-corrected chi connectivity index (χ0v) is 12.6. The van der Waals surface area contributed by atoms with E-state index in [0.717, 1.165) is 11.2 Å². The molecular weight excluding hydrogens is 254 g/mol. The molecule has 0 N–H and O–H groups in total. The largest absolute Gasteiger partial charge is 0.248 e. The molecule has 0 aliphatic heterocycles. The van der Waals surface area contributed by atoms with Gasteiger partial charge in [-0.15, -0.1) is 0 Å². The summed E-state index contributed by atoms with van der Waals surface area (Å²) in [5.74, 6) is 0. The second-order valence-electron chi connectivity index (χ2n) is 6.21. The second-order valence-corrected chi connectivity index (χ2v) is 6.21. The minimum atomic E-state index is 1.11. The van der Waals surface area contributed by atoms with Gasteiger partial charge in [0, 0.05) is 10.9 Å². The summed E-state index contributed by atoms with van der Waals surface area (Å²) in [5, 5.41) is 1.40. The molecule has 0 radical (unpaired) electrons. The van der Waals surface area contributed by atoms with Crippen molar-refractivity contribution in [2.45, 2.75) is 33.1 Å².